The van der Waals surface area contributed by atoms with Gasteiger partial charge in [0.25, 0.3) is 0 Å². The Kier molecular flexibility index (Phi) is 4.57. The number of aromatic nitrogens is 2. The first kappa shape index (κ1) is 12.6. The predicted molar refractivity (Wildman–Crippen MR) is 78.5 cm³/mol. The molecular formula is C13H16N2S2. The van der Waals surface area contributed by atoms with Gasteiger partial charge >= 0.3 is 0 Å². The van der Waals surface area contributed by atoms with E-state index in [2.05, 4.69) is 40.7 Å². The number of hydrogen-bond donors (Lipinski definition) is 1. The smallest absolute Gasteiger partial charge is 0.137 e. The zero-order valence-electron chi connectivity index (χ0n) is 10.1. The average molecular weight is 264 g/mol. The zero-order valence-corrected chi connectivity index (χ0v) is 11.7. The van der Waals surface area contributed by atoms with E-state index in [-0.39, 0.29) is 0 Å². The number of rotatable bonds is 5. The fraction of sp³-hybridized carbons (Fsp3) is 0.308. The molecule has 0 unspecified atom stereocenters. The van der Waals surface area contributed by atoms with E-state index in [1.165, 1.54) is 16.7 Å². The predicted octanol–water partition coefficient (Wildman–Crippen LogP) is 3.80. The van der Waals surface area contributed by atoms with Gasteiger partial charge in [0.05, 0.1) is 0 Å². The van der Waals surface area contributed by atoms with Crippen LogP contribution in [-0.4, -0.2) is 22.5 Å². The van der Waals surface area contributed by atoms with Crippen LogP contribution in [0.1, 0.15) is 11.1 Å². The van der Waals surface area contributed by atoms with Crippen molar-refractivity contribution in [3.05, 3.63) is 41.7 Å². The molecule has 0 radical (unpaired) electrons. The van der Waals surface area contributed by atoms with Gasteiger partial charge in [-0.15, -0.1) is 0 Å². The molecule has 2 aromatic rings. The number of H-pyrrole nitrogens is 1. The first-order valence-electron chi connectivity index (χ1n) is 5.45. The Bertz CT molecular complexity index is 442. The lowest BCUT2D eigenvalue weighted by Gasteiger charge is -2.11. The summed E-state index contributed by atoms with van der Waals surface area (Å²) in [5, 5.41) is 0. The molecule has 0 atom stereocenters. The van der Waals surface area contributed by atoms with Crippen molar-refractivity contribution < 1.29 is 0 Å². The maximum Gasteiger partial charge on any atom is 0.137 e. The summed E-state index contributed by atoms with van der Waals surface area (Å²) >= 11 is 3.69. The van der Waals surface area contributed by atoms with Gasteiger partial charge in [-0.05, 0) is 23.6 Å². The molecule has 17 heavy (non-hydrogen) atoms. The number of aromatic amines is 1. The Morgan fingerprint density at radius 2 is 1.76 bits per heavy atom. The molecule has 1 aromatic heterocycles. The second-order valence-electron chi connectivity index (χ2n) is 3.76. The molecule has 0 aliphatic carbocycles. The Balaban J connectivity index is 2.50. The van der Waals surface area contributed by atoms with Gasteiger partial charge in [-0.25, -0.2) is 4.98 Å². The highest BCUT2D eigenvalue weighted by Gasteiger charge is 2.11. The number of hydrogen-bond acceptors (Lipinski definition) is 3. The van der Waals surface area contributed by atoms with Crippen molar-refractivity contribution >= 4 is 23.5 Å². The molecule has 0 saturated carbocycles. The van der Waals surface area contributed by atoms with Gasteiger partial charge in [-0.3, -0.25) is 0 Å². The molecule has 0 amide bonds. The average Bonchev–Trinajstić information content (AvgIpc) is 2.84. The molecule has 2 nitrogen and oxygen atoms in total. The summed E-state index contributed by atoms with van der Waals surface area (Å²) in [4.78, 5) is 7.62. The molecule has 2 rings (SSSR count). The van der Waals surface area contributed by atoms with Crippen LogP contribution in [0.5, 0.6) is 0 Å². The van der Waals surface area contributed by atoms with Crippen LogP contribution in [0.2, 0.25) is 0 Å². The van der Waals surface area contributed by atoms with E-state index in [0.717, 1.165) is 17.3 Å². The van der Waals surface area contributed by atoms with E-state index in [0.29, 0.717) is 0 Å². The van der Waals surface area contributed by atoms with Crippen molar-refractivity contribution in [3.8, 4) is 11.4 Å². The highest BCUT2D eigenvalue weighted by molar-refractivity contribution is 7.98. The summed E-state index contributed by atoms with van der Waals surface area (Å²) in [6.07, 6.45) is 7.96. The van der Waals surface area contributed by atoms with Crippen LogP contribution in [0, 0.1) is 0 Å². The molecule has 0 aliphatic rings. The van der Waals surface area contributed by atoms with Gasteiger partial charge < -0.3 is 4.98 Å². The molecule has 1 N–H and O–H groups in total. The number of nitrogens with one attached hydrogen (secondary N) is 1. The third-order valence-corrected chi connectivity index (χ3v) is 3.77. The molecule has 1 aromatic carbocycles. The van der Waals surface area contributed by atoms with Gasteiger partial charge in [-0.1, -0.05) is 18.2 Å². The fourth-order valence-corrected chi connectivity index (χ4v) is 3.01. The minimum absolute atomic E-state index is 0.985. The molecular weight excluding hydrogens is 248 g/mol. The second kappa shape index (κ2) is 6.17. The van der Waals surface area contributed by atoms with Gasteiger partial charge in [0.2, 0.25) is 0 Å². The largest absolute Gasteiger partial charge is 0.345 e. The molecule has 0 fully saturated rings. The lowest BCUT2D eigenvalue weighted by molar-refractivity contribution is 1.24. The van der Waals surface area contributed by atoms with Gasteiger partial charge in [0.1, 0.15) is 5.82 Å². The number of nitrogens with zero attached hydrogens (tertiary/aromatic N) is 1. The van der Waals surface area contributed by atoms with Crippen molar-refractivity contribution in [3.63, 3.8) is 0 Å². The summed E-state index contributed by atoms with van der Waals surface area (Å²) in [7, 11) is 0. The van der Waals surface area contributed by atoms with Crippen LogP contribution in [0.15, 0.2) is 30.6 Å². The van der Waals surface area contributed by atoms with Crippen molar-refractivity contribution in [2.24, 2.45) is 0 Å². The number of benzene rings is 1. The standard InChI is InChI=1S/C13H16N2S2/c1-16-8-10-4-3-5-11(9-17-2)12(10)13-14-6-7-15-13/h3-7H,8-9H2,1-2H3,(H,14,15). The van der Waals surface area contributed by atoms with Crippen LogP contribution in [0.25, 0.3) is 11.4 Å². The Morgan fingerprint density at radius 1 is 1.12 bits per heavy atom. The van der Waals surface area contributed by atoms with E-state index in [1.54, 1.807) is 0 Å². The monoisotopic (exact) mass is 264 g/mol. The Hall–Kier alpha value is -0.870. The lowest BCUT2D eigenvalue weighted by atomic mass is 10.0. The topological polar surface area (TPSA) is 28.7 Å². The quantitative estimate of drug-likeness (QED) is 0.890. The summed E-state index contributed by atoms with van der Waals surface area (Å²) in [6, 6.07) is 6.53. The number of imidazole rings is 1. The minimum Gasteiger partial charge on any atom is -0.345 e. The fourth-order valence-electron chi connectivity index (χ4n) is 1.91. The maximum atomic E-state index is 4.40. The molecule has 0 spiro atoms. The molecule has 0 saturated heterocycles. The van der Waals surface area contributed by atoms with E-state index in [4.69, 9.17) is 0 Å². The van der Waals surface area contributed by atoms with Gasteiger partial charge in [0.15, 0.2) is 0 Å². The minimum atomic E-state index is 0.985. The first-order chi connectivity index (χ1) is 8.36. The lowest BCUT2D eigenvalue weighted by Crippen LogP contribution is -1.95. The third-order valence-electron chi connectivity index (χ3n) is 2.57. The molecule has 90 valence electrons. The van der Waals surface area contributed by atoms with Crippen LogP contribution in [-0.2, 0) is 11.5 Å². The SMILES string of the molecule is CSCc1cccc(CSC)c1-c1ncc[nH]1. The highest BCUT2D eigenvalue weighted by Crippen LogP contribution is 2.29. The van der Waals surface area contributed by atoms with Crippen LogP contribution in [0.3, 0.4) is 0 Å². The van der Waals surface area contributed by atoms with E-state index in [1.807, 2.05) is 35.9 Å². The normalized spacial score (nSPS) is 10.7. The van der Waals surface area contributed by atoms with Crippen molar-refractivity contribution in [1.82, 2.24) is 9.97 Å². The summed E-state index contributed by atoms with van der Waals surface area (Å²) in [5.74, 6) is 3.04. The number of thioether (sulfide) groups is 2. The van der Waals surface area contributed by atoms with E-state index >= 15 is 0 Å². The summed E-state index contributed by atoms with van der Waals surface area (Å²) in [5.41, 5.74) is 4.00. The third kappa shape index (κ3) is 2.87. The molecule has 0 bridgehead atoms. The Labute approximate surface area is 111 Å². The highest BCUT2D eigenvalue weighted by atomic mass is 32.2. The van der Waals surface area contributed by atoms with Gasteiger partial charge in [0, 0.05) is 29.5 Å². The maximum absolute atomic E-state index is 4.40. The second-order valence-corrected chi connectivity index (χ2v) is 5.49. The van der Waals surface area contributed by atoms with Crippen molar-refractivity contribution in [2.75, 3.05) is 12.5 Å². The summed E-state index contributed by atoms with van der Waals surface area (Å²) in [6.45, 7) is 0. The Morgan fingerprint density at radius 3 is 2.24 bits per heavy atom. The molecule has 0 aliphatic heterocycles. The van der Waals surface area contributed by atoms with Crippen LogP contribution in [0.4, 0.5) is 0 Å². The van der Waals surface area contributed by atoms with E-state index < -0.39 is 0 Å². The first-order valence-corrected chi connectivity index (χ1v) is 8.24. The van der Waals surface area contributed by atoms with Crippen LogP contribution < -0.4 is 0 Å². The van der Waals surface area contributed by atoms with Crippen molar-refractivity contribution in [1.29, 1.82) is 0 Å². The molecule has 1 heterocycles. The zero-order chi connectivity index (χ0) is 12.1. The van der Waals surface area contributed by atoms with Crippen molar-refractivity contribution in [2.45, 2.75) is 11.5 Å². The van der Waals surface area contributed by atoms with Gasteiger partial charge in [-0.2, -0.15) is 23.5 Å². The van der Waals surface area contributed by atoms with E-state index in [9.17, 15) is 0 Å². The van der Waals surface area contributed by atoms with Crippen LogP contribution >= 0.6 is 23.5 Å². The molecule has 4 heteroatoms. The summed E-state index contributed by atoms with van der Waals surface area (Å²) < 4.78 is 0.